The van der Waals surface area contributed by atoms with Crippen LogP contribution in [0.15, 0.2) is 34.9 Å². The number of hydrogen-bond acceptors (Lipinski definition) is 4. The molecule has 0 aliphatic heterocycles. The van der Waals surface area contributed by atoms with Gasteiger partial charge in [0.2, 0.25) is 5.88 Å². The maximum Gasteiger partial charge on any atom is 0.237 e. The molecule has 2 aromatic rings. The molecule has 0 unspecified atom stereocenters. The van der Waals surface area contributed by atoms with E-state index in [9.17, 15) is 0 Å². The number of rotatable bonds is 4. The van der Waals surface area contributed by atoms with Crippen LogP contribution >= 0.6 is 22.6 Å². The molecule has 1 N–H and O–H groups in total. The molecule has 0 aromatic carbocycles. The second-order valence-electron chi connectivity index (χ2n) is 3.12. The zero-order valence-electron chi connectivity index (χ0n) is 8.74. The van der Waals surface area contributed by atoms with Crippen LogP contribution in [0.25, 0.3) is 0 Å². The van der Waals surface area contributed by atoms with Crippen molar-refractivity contribution in [2.24, 2.45) is 0 Å². The molecule has 0 spiro atoms. The molecule has 0 atom stereocenters. The van der Waals surface area contributed by atoms with Gasteiger partial charge in [-0.2, -0.15) is 0 Å². The van der Waals surface area contributed by atoms with Crippen LogP contribution in [0, 0.1) is 3.77 Å². The highest BCUT2D eigenvalue weighted by Crippen LogP contribution is 2.21. The summed E-state index contributed by atoms with van der Waals surface area (Å²) in [6.45, 7) is 0.616. The minimum absolute atomic E-state index is 0.587. The van der Waals surface area contributed by atoms with Crippen LogP contribution < -0.4 is 10.1 Å². The van der Waals surface area contributed by atoms with Crippen LogP contribution in [-0.2, 0) is 6.54 Å². The Morgan fingerprint density at radius 2 is 2.31 bits per heavy atom. The average Bonchev–Trinajstić information content (AvgIpc) is 2.73. The molecule has 5 heteroatoms. The quantitative estimate of drug-likeness (QED) is 0.876. The van der Waals surface area contributed by atoms with Gasteiger partial charge in [-0.05, 0) is 46.9 Å². The minimum atomic E-state index is 0.587. The maximum atomic E-state index is 5.44. The SMILES string of the molecule is COc1ncccc1NCc1ccc(I)o1. The summed E-state index contributed by atoms with van der Waals surface area (Å²) in [4.78, 5) is 4.10. The smallest absolute Gasteiger partial charge is 0.237 e. The van der Waals surface area contributed by atoms with Gasteiger partial charge in [0.25, 0.3) is 0 Å². The van der Waals surface area contributed by atoms with E-state index in [1.54, 1.807) is 13.3 Å². The lowest BCUT2D eigenvalue weighted by atomic mass is 10.3. The standard InChI is InChI=1S/C11H11IN2O2/c1-15-11-9(3-2-6-13-11)14-7-8-4-5-10(12)16-8/h2-6,14H,7H2,1H3. The zero-order valence-corrected chi connectivity index (χ0v) is 10.9. The number of furan rings is 1. The van der Waals surface area contributed by atoms with E-state index in [1.165, 1.54) is 0 Å². The van der Waals surface area contributed by atoms with E-state index in [1.807, 2.05) is 24.3 Å². The highest BCUT2D eigenvalue weighted by molar-refractivity contribution is 14.1. The fraction of sp³-hybridized carbons (Fsp3) is 0.182. The number of anilines is 1. The van der Waals surface area contributed by atoms with Gasteiger partial charge in [-0.3, -0.25) is 0 Å². The average molecular weight is 330 g/mol. The Bertz CT molecular complexity index is 471. The fourth-order valence-electron chi connectivity index (χ4n) is 1.32. The third kappa shape index (κ3) is 2.66. The molecule has 0 amide bonds. The van der Waals surface area contributed by atoms with Crippen molar-refractivity contribution in [3.8, 4) is 5.88 Å². The van der Waals surface area contributed by atoms with E-state index in [-0.39, 0.29) is 0 Å². The lowest BCUT2D eigenvalue weighted by Gasteiger charge is -2.07. The predicted octanol–water partition coefficient (Wildman–Crippen LogP) is 2.90. The number of hydrogen-bond donors (Lipinski definition) is 1. The Hall–Kier alpha value is -1.24. The summed E-state index contributed by atoms with van der Waals surface area (Å²) in [7, 11) is 1.60. The lowest BCUT2D eigenvalue weighted by molar-refractivity contribution is 0.399. The topological polar surface area (TPSA) is 47.3 Å². The van der Waals surface area contributed by atoms with Gasteiger partial charge in [-0.25, -0.2) is 4.98 Å². The highest BCUT2D eigenvalue weighted by atomic mass is 127. The second kappa shape index (κ2) is 5.20. The van der Waals surface area contributed by atoms with Gasteiger partial charge in [0, 0.05) is 6.20 Å². The summed E-state index contributed by atoms with van der Waals surface area (Å²) in [6, 6.07) is 7.64. The van der Waals surface area contributed by atoms with E-state index < -0.39 is 0 Å². The maximum absolute atomic E-state index is 5.44. The second-order valence-corrected chi connectivity index (χ2v) is 4.18. The molecular formula is C11H11IN2O2. The molecule has 16 heavy (non-hydrogen) atoms. The summed E-state index contributed by atoms with van der Waals surface area (Å²) in [5.74, 6) is 1.47. The van der Waals surface area contributed by atoms with Crippen molar-refractivity contribution in [2.75, 3.05) is 12.4 Å². The molecule has 84 valence electrons. The van der Waals surface area contributed by atoms with Crippen LogP contribution in [0.3, 0.4) is 0 Å². The van der Waals surface area contributed by atoms with Gasteiger partial charge < -0.3 is 14.5 Å². The van der Waals surface area contributed by atoms with Gasteiger partial charge in [0.05, 0.1) is 19.3 Å². The highest BCUT2D eigenvalue weighted by Gasteiger charge is 2.04. The Kier molecular flexibility index (Phi) is 3.66. The van der Waals surface area contributed by atoms with Crippen molar-refractivity contribution in [2.45, 2.75) is 6.54 Å². The fourth-order valence-corrected chi connectivity index (χ4v) is 1.78. The molecule has 0 saturated heterocycles. The van der Waals surface area contributed by atoms with Crippen LogP contribution in [0.5, 0.6) is 5.88 Å². The Morgan fingerprint density at radius 3 is 3.00 bits per heavy atom. The molecular weight excluding hydrogens is 319 g/mol. The number of halogens is 1. The first-order valence-electron chi connectivity index (χ1n) is 4.76. The lowest BCUT2D eigenvalue weighted by Crippen LogP contribution is -2.01. The molecule has 0 aliphatic carbocycles. The van der Waals surface area contributed by atoms with Crippen molar-refractivity contribution in [3.63, 3.8) is 0 Å². The van der Waals surface area contributed by atoms with Gasteiger partial charge in [0.1, 0.15) is 5.76 Å². The molecule has 2 heterocycles. The molecule has 4 nitrogen and oxygen atoms in total. The first-order valence-corrected chi connectivity index (χ1v) is 5.84. The Morgan fingerprint density at radius 1 is 1.44 bits per heavy atom. The third-order valence-corrected chi connectivity index (χ3v) is 2.63. The van der Waals surface area contributed by atoms with Crippen molar-refractivity contribution in [3.05, 3.63) is 40.0 Å². The van der Waals surface area contributed by atoms with E-state index in [4.69, 9.17) is 9.15 Å². The number of pyridine rings is 1. The van der Waals surface area contributed by atoms with Gasteiger partial charge in [0.15, 0.2) is 3.77 Å². The Labute approximate surface area is 107 Å². The van der Waals surface area contributed by atoms with Gasteiger partial charge in [-0.15, -0.1) is 0 Å². The largest absolute Gasteiger partial charge is 0.480 e. The van der Waals surface area contributed by atoms with Crippen LogP contribution in [-0.4, -0.2) is 12.1 Å². The normalized spacial score (nSPS) is 10.1. The summed E-state index contributed by atoms with van der Waals surface area (Å²) < 4.78 is 11.5. The third-order valence-electron chi connectivity index (χ3n) is 2.05. The molecule has 2 aromatic heterocycles. The van der Waals surface area contributed by atoms with Crippen LogP contribution in [0.2, 0.25) is 0 Å². The predicted molar refractivity (Wildman–Crippen MR) is 69.5 cm³/mol. The van der Waals surface area contributed by atoms with Crippen molar-refractivity contribution in [1.82, 2.24) is 4.98 Å². The molecule has 2 rings (SSSR count). The monoisotopic (exact) mass is 330 g/mol. The number of aromatic nitrogens is 1. The molecule has 0 bridgehead atoms. The summed E-state index contributed by atoms with van der Waals surface area (Å²) in [5.41, 5.74) is 0.858. The molecule has 0 radical (unpaired) electrons. The molecule has 0 saturated carbocycles. The molecule has 0 fully saturated rings. The molecule has 0 aliphatic rings. The number of nitrogens with one attached hydrogen (secondary N) is 1. The first kappa shape index (κ1) is 11.3. The number of ether oxygens (including phenoxy) is 1. The van der Waals surface area contributed by atoms with Crippen molar-refractivity contribution >= 4 is 28.3 Å². The summed E-state index contributed by atoms with van der Waals surface area (Å²) in [5, 5.41) is 3.21. The van der Waals surface area contributed by atoms with E-state index in [0.29, 0.717) is 12.4 Å². The van der Waals surface area contributed by atoms with Crippen molar-refractivity contribution < 1.29 is 9.15 Å². The summed E-state index contributed by atoms with van der Waals surface area (Å²) >= 11 is 2.14. The number of nitrogens with zero attached hydrogens (tertiary/aromatic N) is 1. The van der Waals surface area contributed by atoms with Gasteiger partial charge in [-0.1, -0.05) is 0 Å². The number of methoxy groups -OCH3 is 1. The van der Waals surface area contributed by atoms with Crippen molar-refractivity contribution in [1.29, 1.82) is 0 Å². The zero-order chi connectivity index (χ0) is 11.4. The van der Waals surface area contributed by atoms with Gasteiger partial charge >= 0.3 is 0 Å². The summed E-state index contributed by atoms with van der Waals surface area (Å²) in [6.07, 6.45) is 1.69. The van der Waals surface area contributed by atoms with E-state index in [2.05, 4.69) is 32.9 Å². The first-order chi connectivity index (χ1) is 7.79. The van der Waals surface area contributed by atoms with Crippen LogP contribution in [0.1, 0.15) is 5.76 Å². The minimum Gasteiger partial charge on any atom is -0.480 e. The Balaban J connectivity index is 2.04. The van der Waals surface area contributed by atoms with E-state index in [0.717, 1.165) is 15.2 Å². The van der Waals surface area contributed by atoms with E-state index >= 15 is 0 Å². The van der Waals surface area contributed by atoms with Crippen LogP contribution in [0.4, 0.5) is 5.69 Å².